The summed E-state index contributed by atoms with van der Waals surface area (Å²) in [6, 6.07) is 10.6. The number of para-hydroxylation sites is 1. The number of piperazine rings is 1. The summed E-state index contributed by atoms with van der Waals surface area (Å²) in [6.45, 7) is 10.6. The molecule has 3 fully saturated rings. The van der Waals surface area contributed by atoms with Crippen molar-refractivity contribution in [1.82, 2.24) is 14.7 Å². The molecule has 25 heavy (non-hydrogen) atoms. The number of nitrogens with zero attached hydrogens (tertiary/aromatic N) is 3. The maximum Gasteiger partial charge on any atom is 0.321 e. The zero-order valence-electron chi connectivity index (χ0n) is 15.1. The SMILES string of the molecule is CC(C)N1CC2(CN(C(=O)Nc3ccccc3)CC3COCCN32)C1. The van der Waals surface area contributed by atoms with Crippen LogP contribution < -0.4 is 5.32 Å². The standard InChI is InChI=1S/C19H28N4O2/c1-15(2)22-13-19(14-22)12-21(10-17-11-25-9-8-23(17)19)18(24)20-16-6-4-3-5-7-16/h3-7,15,17H,8-14H2,1-2H3,(H,20,24). The van der Waals surface area contributed by atoms with E-state index in [0.717, 1.165) is 51.6 Å². The molecule has 1 atom stereocenters. The molecule has 136 valence electrons. The third-order valence-corrected chi connectivity index (χ3v) is 5.79. The van der Waals surface area contributed by atoms with Crippen molar-refractivity contribution in [1.29, 1.82) is 0 Å². The Morgan fingerprint density at radius 3 is 2.72 bits per heavy atom. The fourth-order valence-electron chi connectivity index (χ4n) is 4.43. The van der Waals surface area contributed by atoms with E-state index in [4.69, 9.17) is 4.74 Å². The average molecular weight is 344 g/mol. The van der Waals surface area contributed by atoms with Gasteiger partial charge in [0.1, 0.15) is 0 Å². The molecule has 3 aliphatic rings. The lowest BCUT2D eigenvalue weighted by Crippen LogP contribution is -2.81. The Labute approximate surface area is 149 Å². The summed E-state index contributed by atoms with van der Waals surface area (Å²) in [5.41, 5.74) is 0.937. The van der Waals surface area contributed by atoms with E-state index in [1.807, 2.05) is 35.2 Å². The van der Waals surface area contributed by atoms with Gasteiger partial charge in [-0.05, 0) is 26.0 Å². The molecule has 6 heteroatoms. The van der Waals surface area contributed by atoms with Gasteiger partial charge in [0.05, 0.1) is 24.8 Å². The Kier molecular flexibility index (Phi) is 4.43. The zero-order valence-corrected chi connectivity index (χ0v) is 15.1. The lowest BCUT2D eigenvalue weighted by molar-refractivity contribution is -0.162. The van der Waals surface area contributed by atoms with Crippen LogP contribution in [0.15, 0.2) is 30.3 Å². The Bertz CT molecular complexity index is 615. The second kappa shape index (κ2) is 6.59. The minimum absolute atomic E-state index is 0.00112. The molecule has 1 aromatic rings. The fourth-order valence-corrected chi connectivity index (χ4v) is 4.43. The van der Waals surface area contributed by atoms with E-state index in [1.165, 1.54) is 0 Å². The summed E-state index contributed by atoms with van der Waals surface area (Å²) >= 11 is 0. The van der Waals surface area contributed by atoms with Crippen LogP contribution in [0.4, 0.5) is 10.5 Å². The molecule has 1 spiro atoms. The Balaban J connectivity index is 1.49. The maximum absolute atomic E-state index is 12.8. The van der Waals surface area contributed by atoms with Gasteiger partial charge in [-0.1, -0.05) is 18.2 Å². The first kappa shape index (κ1) is 16.8. The quantitative estimate of drug-likeness (QED) is 0.887. The van der Waals surface area contributed by atoms with E-state index in [2.05, 4.69) is 29.0 Å². The Morgan fingerprint density at radius 1 is 1.24 bits per heavy atom. The number of nitrogens with one attached hydrogen (secondary N) is 1. The van der Waals surface area contributed by atoms with Crippen LogP contribution in [0, 0.1) is 0 Å². The van der Waals surface area contributed by atoms with Gasteiger partial charge in [0.25, 0.3) is 0 Å². The molecule has 3 heterocycles. The maximum atomic E-state index is 12.8. The molecule has 4 rings (SSSR count). The number of benzene rings is 1. The molecule has 6 nitrogen and oxygen atoms in total. The molecular weight excluding hydrogens is 316 g/mol. The van der Waals surface area contributed by atoms with Gasteiger partial charge in [-0.3, -0.25) is 9.80 Å². The smallest absolute Gasteiger partial charge is 0.321 e. The van der Waals surface area contributed by atoms with Crippen LogP contribution in [0.3, 0.4) is 0 Å². The number of hydrogen-bond acceptors (Lipinski definition) is 4. The Morgan fingerprint density at radius 2 is 2.00 bits per heavy atom. The molecule has 3 saturated heterocycles. The number of rotatable bonds is 2. The van der Waals surface area contributed by atoms with Crippen molar-refractivity contribution in [3.05, 3.63) is 30.3 Å². The van der Waals surface area contributed by atoms with Gasteiger partial charge < -0.3 is 15.0 Å². The highest BCUT2D eigenvalue weighted by Gasteiger charge is 2.55. The summed E-state index contributed by atoms with van der Waals surface area (Å²) in [5, 5.41) is 3.04. The highest BCUT2D eigenvalue weighted by Crippen LogP contribution is 2.36. The van der Waals surface area contributed by atoms with E-state index in [9.17, 15) is 4.79 Å². The van der Waals surface area contributed by atoms with Crippen LogP contribution >= 0.6 is 0 Å². The van der Waals surface area contributed by atoms with Gasteiger partial charge in [-0.15, -0.1) is 0 Å². The topological polar surface area (TPSA) is 48.1 Å². The number of carbonyl (C=O) groups excluding carboxylic acids is 1. The van der Waals surface area contributed by atoms with Gasteiger partial charge in [0.2, 0.25) is 0 Å². The molecule has 1 aromatic carbocycles. The van der Waals surface area contributed by atoms with Crippen molar-refractivity contribution in [2.75, 3.05) is 51.3 Å². The summed E-state index contributed by atoms with van der Waals surface area (Å²) in [4.78, 5) is 19.9. The normalized spacial score (nSPS) is 26.4. The van der Waals surface area contributed by atoms with Crippen LogP contribution in [0.5, 0.6) is 0 Å². The van der Waals surface area contributed by atoms with Crippen molar-refractivity contribution in [2.45, 2.75) is 31.5 Å². The predicted molar refractivity (Wildman–Crippen MR) is 97.8 cm³/mol. The lowest BCUT2D eigenvalue weighted by atomic mass is 9.82. The van der Waals surface area contributed by atoms with E-state index < -0.39 is 0 Å². The Hall–Kier alpha value is -1.63. The van der Waals surface area contributed by atoms with E-state index in [-0.39, 0.29) is 11.6 Å². The molecule has 0 saturated carbocycles. The first-order valence-electron chi connectivity index (χ1n) is 9.27. The second-order valence-corrected chi connectivity index (χ2v) is 7.82. The number of ether oxygens (including phenoxy) is 1. The van der Waals surface area contributed by atoms with Crippen molar-refractivity contribution in [2.24, 2.45) is 0 Å². The van der Waals surface area contributed by atoms with Crippen molar-refractivity contribution < 1.29 is 9.53 Å². The van der Waals surface area contributed by atoms with Crippen molar-refractivity contribution in [3.63, 3.8) is 0 Å². The number of fused-ring (bicyclic) bond motifs is 2. The van der Waals surface area contributed by atoms with Crippen LogP contribution in [-0.2, 0) is 4.74 Å². The summed E-state index contributed by atoms with van der Waals surface area (Å²) in [5.74, 6) is 0. The number of hydrogen-bond donors (Lipinski definition) is 1. The van der Waals surface area contributed by atoms with E-state index in [1.54, 1.807) is 0 Å². The average Bonchev–Trinajstić information content (AvgIpc) is 2.59. The van der Waals surface area contributed by atoms with Crippen LogP contribution in [0.25, 0.3) is 0 Å². The van der Waals surface area contributed by atoms with Gasteiger partial charge in [0, 0.05) is 44.5 Å². The third kappa shape index (κ3) is 3.14. The lowest BCUT2D eigenvalue weighted by Gasteiger charge is -2.64. The summed E-state index contributed by atoms with van der Waals surface area (Å²) in [7, 11) is 0. The number of anilines is 1. The second-order valence-electron chi connectivity index (χ2n) is 7.82. The summed E-state index contributed by atoms with van der Waals surface area (Å²) in [6.07, 6.45) is 0. The zero-order chi connectivity index (χ0) is 17.4. The highest BCUT2D eigenvalue weighted by atomic mass is 16.5. The molecule has 0 aliphatic carbocycles. The number of carbonyl (C=O) groups is 1. The number of likely N-dealkylation sites (tertiary alicyclic amines) is 1. The van der Waals surface area contributed by atoms with Gasteiger partial charge >= 0.3 is 6.03 Å². The summed E-state index contributed by atoms with van der Waals surface area (Å²) < 4.78 is 5.71. The molecule has 0 radical (unpaired) electrons. The van der Waals surface area contributed by atoms with E-state index in [0.29, 0.717) is 12.1 Å². The largest absolute Gasteiger partial charge is 0.378 e. The van der Waals surface area contributed by atoms with Gasteiger partial charge in [0.15, 0.2) is 0 Å². The van der Waals surface area contributed by atoms with Crippen molar-refractivity contribution in [3.8, 4) is 0 Å². The first-order chi connectivity index (χ1) is 12.1. The minimum atomic E-state index is -0.00112. The minimum Gasteiger partial charge on any atom is -0.378 e. The first-order valence-corrected chi connectivity index (χ1v) is 9.27. The molecule has 1 N–H and O–H groups in total. The predicted octanol–water partition coefficient (Wildman–Crippen LogP) is 1.70. The molecule has 3 aliphatic heterocycles. The number of urea groups is 1. The number of amides is 2. The van der Waals surface area contributed by atoms with Crippen molar-refractivity contribution >= 4 is 11.7 Å². The third-order valence-electron chi connectivity index (χ3n) is 5.79. The van der Waals surface area contributed by atoms with Crippen LogP contribution in [-0.4, -0.2) is 84.3 Å². The molecular formula is C19H28N4O2. The molecule has 1 unspecified atom stereocenters. The molecule has 0 aromatic heterocycles. The van der Waals surface area contributed by atoms with Crippen LogP contribution in [0.2, 0.25) is 0 Å². The molecule has 2 amide bonds. The number of morpholine rings is 1. The molecule has 0 bridgehead atoms. The van der Waals surface area contributed by atoms with Gasteiger partial charge in [-0.2, -0.15) is 0 Å². The van der Waals surface area contributed by atoms with Gasteiger partial charge in [-0.25, -0.2) is 4.79 Å². The van der Waals surface area contributed by atoms with Crippen LogP contribution in [0.1, 0.15) is 13.8 Å². The monoisotopic (exact) mass is 344 g/mol. The fraction of sp³-hybridized carbons (Fsp3) is 0.632. The van der Waals surface area contributed by atoms with E-state index >= 15 is 0 Å². The highest BCUT2D eigenvalue weighted by molar-refractivity contribution is 5.89.